The number of hydrogen-bond donors (Lipinski definition) is 1. The molecule has 2 amide bonds. The summed E-state index contributed by atoms with van der Waals surface area (Å²) in [4.78, 5) is 28.2. The van der Waals surface area contributed by atoms with Gasteiger partial charge in [0, 0.05) is 18.1 Å². The van der Waals surface area contributed by atoms with Gasteiger partial charge in [0.05, 0.1) is 17.7 Å². The fourth-order valence-corrected chi connectivity index (χ4v) is 5.54. The zero-order valence-corrected chi connectivity index (χ0v) is 23.2. The number of ether oxygens (including phenoxy) is 1. The van der Waals surface area contributed by atoms with E-state index < -0.39 is 28.5 Å². The van der Waals surface area contributed by atoms with Crippen LogP contribution in [0.15, 0.2) is 83.8 Å². The Balaban J connectivity index is 2.02. The van der Waals surface area contributed by atoms with Crippen molar-refractivity contribution in [1.82, 2.24) is 10.2 Å². The number of nitrogens with one attached hydrogen (secondary N) is 1. The van der Waals surface area contributed by atoms with Gasteiger partial charge in [-0.25, -0.2) is 8.42 Å². The highest BCUT2D eigenvalue weighted by Crippen LogP contribution is 2.26. The van der Waals surface area contributed by atoms with Gasteiger partial charge in [0.1, 0.15) is 18.3 Å². The van der Waals surface area contributed by atoms with Crippen LogP contribution >= 0.6 is 11.6 Å². The molecule has 38 heavy (non-hydrogen) atoms. The molecule has 0 aliphatic heterocycles. The van der Waals surface area contributed by atoms with Gasteiger partial charge in [-0.2, -0.15) is 0 Å². The number of nitrogens with zero attached hydrogens (tertiary/aromatic N) is 2. The molecule has 0 spiro atoms. The number of halogens is 1. The van der Waals surface area contributed by atoms with Gasteiger partial charge in [-0.15, -0.1) is 0 Å². The first kappa shape index (κ1) is 29.0. The molecule has 3 rings (SSSR count). The van der Waals surface area contributed by atoms with Crippen LogP contribution in [-0.4, -0.2) is 51.4 Å². The van der Waals surface area contributed by atoms with Crippen molar-refractivity contribution in [3.63, 3.8) is 0 Å². The van der Waals surface area contributed by atoms with E-state index in [4.69, 9.17) is 16.3 Å². The number of carbonyl (C=O) groups is 2. The van der Waals surface area contributed by atoms with Crippen LogP contribution in [0.2, 0.25) is 5.02 Å². The molecular formula is C28H32ClN3O5S. The van der Waals surface area contributed by atoms with Crippen LogP contribution in [0.4, 0.5) is 5.69 Å². The average molecular weight is 558 g/mol. The number of methoxy groups -OCH3 is 1. The van der Waals surface area contributed by atoms with E-state index in [1.54, 1.807) is 73.7 Å². The van der Waals surface area contributed by atoms with Crippen molar-refractivity contribution in [1.29, 1.82) is 0 Å². The zero-order chi connectivity index (χ0) is 27.7. The average Bonchev–Trinajstić information content (AvgIpc) is 2.93. The van der Waals surface area contributed by atoms with Crippen LogP contribution in [0.1, 0.15) is 25.8 Å². The molecule has 1 N–H and O–H groups in total. The van der Waals surface area contributed by atoms with Crippen LogP contribution in [0.25, 0.3) is 0 Å². The zero-order valence-electron chi connectivity index (χ0n) is 21.6. The van der Waals surface area contributed by atoms with Crippen LogP contribution < -0.4 is 14.4 Å². The molecule has 8 nitrogen and oxygen atoms in total. The van der Waals surface area contributed by atoms with E-state index in [1.807, 2.05) is 6.92 Å². The molecule has 0 unspecified atom stereocenters. The molecule has 3 aromatic carbocycles. The van der Waals surface area contributed by atoms with E-state index in [9.17, 15) is 18.0 Å². The topological polar surface area (TPSA) is 96.0 Å². The summed E-state index contributed by atoms with van der Waals surface area (Å²) in [7, 11) is -2.64. The Morgan fingerprint density at radius 3 is 2.13 bits per heavy atom. The summed E-state index contributed by atoms with van der Waals surface area (Å²) in [5.74, 6) is -0.311. The third-order valence-electron chi connectivity index (χ3n) is 5.97. The highest BCUT2D eigenvalue weighted by molar-refractivity contribution is 7.92. The quantitative estimate of drug-likeness (QED) is 0.354. The molecular weight excluding hydrogens is 526 g/mol. The minimum absolute atomic E-state index is 0.00923. The Kier molecular flexibility index (Phi) is 10.2. The van der Waals surface area contributed by atoms with E-state index in [2.05, 4.69) is 5.32 Å². The Morgan fingerprint density at radius 1 is 0.947 bits per heavy atom. The number of amides is 2. The van der Waals surface area contributed by atoms with Crippen LogP contribution in [0.5, 0.6) is 5.75 Å². The van der Waals surface area contributed by atoms with Crippen molar-refractivity contribution in [2.45, 2.75) is 37.8 Å². The summed E-state index contributed by atoms with van der Waals surface area (Å²) < 4.78 is 33.8. The molecule has 0 radical (unpaired) electrons. The number of hydrogen-bond acceptors (Lipinski definition) is 5. The number of sulfonamides is 1. The van der Waals surface area contributed by atoms with Gasteiger partial charge in [-0.05, 0) is 67.4 Å². The summed E-state index contributed by atoms with van der Waals surface area (Å²) in [6.45, 7) is 3.62. The third-order valence-corrected chi connectivity index (χ3v) is 8.01. The number of likely N-dealkylation sites (N-methyl/N-ethyl adjacent to an activating group) is 1. The number of carbonyl (C=O) groups excluding carboxylic acids is 2. The molecule has 3 aromatic rings. The number of benzene rings is 3. The van der Waals surface area contributed by atoms with Crippen molar-refractivity contribution in [3.05, 3.63) is 89.4 Å². The predicted octanol–water partition coefficient (Wildman–Crippen LogP) is 4.49. The fourth-order valence-electron chi connectivity index (χ4n) is 4.00. The fraction of sp³-hybridized carbons (Fsp3) is 0.286. The normalized spacial score (nSPS) is 11.9. The maximum Gasteiger partial charge on any atom is 0.264 e. The van der Waals surface area contributed by atoms with E-state index >= 15 is 0 Å². The summed E-state index contributed by atoms with van der Waals surface area (Å²) in [5, 5.41) is 3.33. The van der Waals surface area contributed by atoms with E-state index in [1.165, 1.54) is 24.1 Å². The first-order chi connectivity index (χ1) is 18.2. The van der Waals surface area contributed by atoms with Crippen LogP contribution in [0, 0.1) is 0 Å². The maximum atomic E-state index is 13.9. The second kappa shape index (κ2) is 13.3. The van der Waals surface area contributed by atoms with E-state index in [-0.39, 0.29) is 17.3 Å². The number of para-hydroxylation sites is 1. The van der Waals surface area contributed by atoms with Crippen LogP contribution in [0.3, 0.4) is 0 Å². The van der Waals surface area contributed by atoms with Crippen molar-refractivity contribution in [2.24, 2.45) is 0 Å². The maximum absolute atomic E-state index is 13.9. The van der Waals surface area contributed by atoms with E-state index in [0.29, 0.717) is 29.4 Å². The molecule has 0 aliphatic carbocycles. The van der Waals surface area contributed by atoms with Crippen molar-refractivity contribution >= 4 is 39.1 Å². The predicted molar refractivity (Wildman–Crippen MR) is 149 cm³/mol. The molecule has 0 saturated carbocycles. The summed E-state index contributed by atoms with van der Waals surface area (Å²) in [6, 6.07) is 20.5. The lowest BCUT2D eigenvalue weighted by Gasteiger charge is -2.33. The molecule has 202 valence electrons. The third kappa shape index (κ3) is 7.05. The lowest BCUT2D eigenvalue weighted by molar-refractivity contribution is -0.140. The molecule has 0 heterocycles. The van der Waals surface area contributed by atoms with Gasteiger partial charge >= 0.3 is 0 Å². The lowest BCUT2D eigenvalue weighted by atomic mass is 10.1. The largest absolute Gasteiger partial charge is 0.497 e. The summed E-state index contributed by atoms with van der Waals surface area (Å²) in [5.41, 5.74) is 1.09. The van der Waals surface area contributed by atoms with Gasteiger partial charge in [-0.3, -0.25) is 13.9 Å². The molecule has 0 aromatic heterocycles. The van der Waals surface area contributed by atoms with Gasteiger partial charge in [0.2, 0.25) is 11.8 Å². The SMILES string of the molecule is CCNC(=O)[C@H](CC)N(Cc1ccc(Cl)cc1)C(=O)CN(c1ccccc1)S(=O)(=O)c1ccc(OC)cc1. The molecule has 1 atom stereocenters. The number of rotatable bonds is 12. The summed E-state index contributed by atoms with van der Waals surface area (Å²) in [6.07, 6.45) is 0.349. The molecule has 0 saturated heterocycles. The molecule has 0 bridgehead atoms. The van der Waals surface area contributed by atoms with Crippen molar-refractivity contribution < 1.29 is 22.7 Å². The Morgan fingerprint density at radius 2 is 1.58 bits per heavy atom. The van der Waals surface area contributed by atoms with Gasteiger partial charge < -0.3 is 15.0 Å². The van der Waals surface area contributed by atoms with Gasteiger partial charge in [0.15, 0.2) is 0 Å². The van der Waals surface area contributed by atoms with Crippen molar-refractivity contribution in [2.75, 3.05) is 24.5 Å². The number of anilines is 1. The smallest absolute Gasteiger partial charge is 0.264 e. The summed E-state index contributed by atoms with van der Waals surface area (Å²) >= 11 is 6.03. The standard InChI is InChI=1S/C28H32ClN3O5S/c1-4-26(28(34)30-5-2)31(19-21-11-13-22(29)14-12-21)27(33)20-32(23-9-7-6-8-10-23)38(35,36)25-17-15-24(37-3)16-18-25/h6-18,26H,4-5,19-20H2,1-3H3,(H,30,34)/t26-/m0/s1. The highest BCUT2D eigenvalue weighted by atomic mass is 35.5. The Bertz CT molecular complexity index is 1320. The van der Waals surface area contributed by atoms with E-state index in [0.717, 1.165) is 9.87 Å². The minimum Gasteiger partial charge on any atom is -0.497 e. The Hall–Kier alpha value is -3.56. The van der Waals surface area contributed by atoms with Crippen LogP contribution in [-0.2, 0) is 26.2 Å². The van der Waals surface area contributed by atoms with Crippen molar-refractivity contribution in [3.8, 4) is 5.75 Å². The second-order valence-corrected chi connectivity index (χ2v) is 10.8. The molecule has 0 fully saturated rings. The second-order valence-electron chi connectivity index (χ2n) is 8.49. The van der Waals surface area contributed by atoms with Gasteiger partial charge in [-0.1, -0.05) is 48.9 Å². The lowest BCUT2D eigenvalue weighted by Crippen LogP contribution is -2.52. The molecule has 0 aliphatic rings. The first-order valence-electron chi connectivity index (χ1n) is 12.2. The minimum atomic E-state index is -4.14. The molecule has 10 heteroatoms. The Labute approximate surface area is 229 Å². The first-order valence-corrected chi connectivity index (χ1v) is 14.1. The van der Waals surface area contributed by atoms with Gasteiger partial charge in [0.25, 0.3) is 10.0 Å². The highest BCUT2D eigenvalue weighted by Gasteiger charge is 2.33. The monoisotopic (exact) mass is 557 g/mol.